The minimum atomic E-state index is -1.55. The number of hydrogen-bond acceptors (Lipinski definition) is 24. The number of ether oxygens (including phenoxy) is 12. The summed E-state index contributed by atoms with van der Waals surface area (Å²) < 4.78 is 66.8. The van der Waals surface area contributed by atoms with Crippen molar-refractivity contribution >= 4 is 69.8 Å². The van der Waals surface area contributed by atoms with Crippen LogP contribution in [0.3, 0.4) is 0 Å². The molecule has 1 aliphatic heterocycles. The highest BCUT2D eigenvalue weighted by atomic mass is 16.6. The van der Waals surface area contributed by atoms with Gasteiger partial charge in [0.25, 0.3) is 5.56 Å². The van der Waals surface area contributed by atoms with Crippen molar-refractivity contribution in [1.82, 2.24) is 41.0 Å². The number of carbonyl (C=O) groups excluding carboxylic acids is 7. The van der Waals surface area contributed by atoms with Crippen molar-refractivity contribution < 1.29 is 110 Å². The highest BCUT2D eigenvalue weighted by Gasteiger charge is 2.34. The van der Waals surface area contributed by atoms with Gasteiger partial charge in [-0.1, -0.05) is 130 Å². The van der Waals surface area contributed by atoms with Crippen LogP contribution in [-0.2, 0) is 107 Å². The Kier molecular flexibility index (Phi) is 61.4. The molecule has 2 aromatic rings. The molecule has 0 spiro atoms. The average molecular weight is 1650 g/mol. The molecule has 7 N–H and O–H groups in total. The number of piperazine rings is 1. The van der Waals surface area contributed by atoms with E-state index >= 15 is 0 Å². The maximum Gasteiger partial charge on any atom is 0.326 e. The van der Waals surface area contributed by atoms with E-state index in [1.165, 1.54) is 94.9 Å². The van der Waals surface area contributed by atoms with Crippen LogP contribution in [0.15, 0.2) is 29.3 Å². The van der Waals surface area contributed by atoms with E-state index in [9.17, 15) is 58.2 Å². The number of methoxy groups -OCH3 is 1. The lowest BCUT2D eigenvalue weighted by Gasteiger charge is -2.38. The van der Waals surface area contributed by atoms with Gasteiger partial charge in [-0.3, -0.25) is 42.9 Å². The van der Waals surface area contributed by atoms with Gasteiger partial charge in [-0.05, 0) is 69.6 Å². The molecule has 1 aromatic heterocycles. The summed E-state index contributed by atoms with van der Waals surface area (Å²) in [4.78, 5) is 139. The molecule has 1 aromatic carbocycles. The van der Waals surface area contributed by atoms with Crippen LogP contribution in [0.2, 0.25) is 0 Å². The molecule has 0 unspecified atom stereocenters. The summed E-state index contributed by atoms with van der Waals surface area (Å²) >= 11 is 0. The Morgan fingerprint density at radius 2 is 0.853 bits per heavy atom. The van der Waals surface area contributed by atoms with E-state index in [-0.39, 0.29) is 94.7 Å². The van der Waals surface area contributed by atoms with E-state index in [4.69, 9.17) is 56.8 Å². The summed E-state index contributed by atoms with van der Waals surface area (Å²) in [6.45, 7) is 18.5. The largest absolute Gasteiger partial charge is 0.480 e. The van der Waals surface area contributed by atoms with Crippen molar-refractivity contribution in [3.05, 3.63) is 34.9 Å². The van der Waals surface area contributed by atoms with Crippen LogP contribution in [0.1, 0.15) is 201 Å². The molecule has 33 heteroatoms. The number of unbranched alkanes of at least 4 members (excludes halogenated alkanes) is 17. The first-order valence-corrected chi connectivity index (χ1v) is 42.7. The molecule has 0 aliphatic carbocycles. The smallest absolute Gasteiger partial charge is 0.326 e. The van der Waals surface area contributed by atoms with Crippen molar-refractivity contribution in [2.45, 2.75) is 232 Å². The number of hydrogen-bond donors (Lipinski definition) is 7. The molecular weight excluding hydrogens is 1510 g/mol. The van der Waals surface area contributed by atoms with E-state index in [1.54, 1.807) is 31.1 Å². The van der Waals surface area contributed by atoms with E-state index in [0.717, 1.165) is 31.4 Å². The summed E-state index contributed by atoms with van der Waals surface area (Å²) in [5, 5.41) is 33.7. The van der Waals surface area contributed by atoms with Gasteiger partial charge in [0, 0.05) is 71.2 Å². The van der Waals surface area contributed by atoms with Crippen molar-refractivity contribution in [3.63, 3.8) is 0 Å². The Bertz CT molecular complexity index is 3040. The molecule has 664 valence electrons. The van der Waals surface area contributed by atoms with Gasteiger partial charge in [0.15, 0.2) is 0 Å². The van der Waals surface area contributed by atoms with Crippen molar-refractivity contribution in [2.75, 3.05) is 197 Å². The van der Waals surface area contributed by atoms with Crippen LogP contribution >= 0.6 is 0 Å². The average Bonchev–Trinajstić information content (AvgIpc) is 0.792. The monoisotopic (exact) mass is 1650 g/mol. The normalized spacial score (nSPS) is 13.6. The minimum absolute atomic E-state index is 0.0984. The number of carboxylic acid groups (broad SMARTS) is 2. The van der Waals surface area contributed by atoms with E-state index in [1.807, 2.05) is 17.9 Å². The van der Waals surface area contributed by atoms with Gasteiger partial charge in [-0.25, -0.2) is 14.6 Å². The predicted molar refractivity (Wildman–Crippen MR) is 438 cm³/mol. The van der Waals surface area contributed by atoms with Crippen LogP contribution in [0.5, 0.6) is 0 Å². The number of benzene rings is 1. The Labute approximate surface area is 687 Å². The molecule has 1 saturated heterocycles. The number of nitrogens with zero attached hydrogens (tertiary/aromatic N) is 4. The van der Waals surface area contributed by atoms with Crippen molar-refractivity contribution in [2.24, 2.45) is 5.92 Å². The third-order valence-electron chi connectivity index (χ3n) is 19.5. The first-order chi connectivity index (χ1) is 56.4. The Balaban J connectivity index is 1.37. The summed E-state index contributed by atoms with van der Waals surface area (Å²) in [5.41, 5.74) is 0.831. The van der Waals surface area contributed by atoms with Crippen LogP contribution < -0.4 is 37.0 Å². The van der Waals surface area contributed by atoms with Crippen LogP contribution in [0.25, 0.3) is 10.9 Å². The minimum Gasteiger partial charge on any atom is -0.480 e. The number of aliphatic carboxylic acids is 2. The van der Waals surface area contributed by atoms with Crippen LogP contribution in [0.4, 0.5) is 5.69 Å². The van der Waals surface area contributed by atoms with E-state index < -0.39 is 78.5 Å². The lowest BCUT2D eigenvalue weighted by atomic mass is 9.97. The number of Topliss-reactive ketones (excluding diaryl/α,β-unsaturated/α-hetero) is 1. The molecule has 0 bridgehead atoms. The molecule has 5 atom stereocenters. The zero-order chi connectivity index (χ0) is 84.3. The summed E-state index contributed by atoms with van der Waals surface area (Å²) in [7, 11) is 1.63. The number of carboxylic acids is 2. The van der Waals surface area contributed by atoms with Crippen LogP contribution in [0, 0.1) is 5.92 Å². The van der Waals surface area contributed by atoms with Gasteiger partial charge < -0.3 is 103 Å². The first-order valence-electron chi connectivity index (χ1n) is 42.7. The number of fused-ring (bicyclic) bond motifs is 1. The fraction of sp³-hybridized carbons (Fsp3) is 0.795. The SMILES string of the molecule is CCCCCCCCCCCCCCCCCCCC(=O)N[C@@H](CCC(=O)N[C@@H](CCC(=O)N[C@H](C(=O)N[C@@H](CCCCNC(=O)CCOCCOCCOCCOCCOCCOCCOCCOCCOCCOCCOCCOC)C(=O)N1CCN(c2ccc3ncn(CC(C)=O)c(=O)c3c2)CC1)[C@@H](C)CC)C(=O)O)C(=O)O. The van der Waals surface area contributed by atoms with E-state index in [2.05, 4.69) is 38.5 Å². The van der Waals surface area contributed by atoms with Gasteiger partial charge in [-0.2, -0.15) is 0 Å². The number of rotatable bonds is 78. The standard InChI is InChI=1S/C83H143N9O24/c1-6-8-9-10-11-12-13-14-15-16-17-18-19-20-21-22-23-27-75(95)86-72(82(101)102)30-32-76(96)87-73(83(103)104)31-33-77(97)89-78(66(3)7-2)79(98)88-71(81(100)91-38-36-90(37-39-91)68-28-29-70-69(63-68)80(99)92(65-85-70)64-67(4)93)26-24-25-35-84-74(94)34-40-106-43-44-108-47-48-110-51-52-112-55-56-114-59-60-116-62-61-115-58-57-113-54-53-111-50-49-109-46-45-107-42-41-105-5/h28-29,63,65-66,71-73,78H,6-27,30-62,64H2,1-5H3,(H,84,94)(H,86,95)(H,87,96)(H,88,98)(H,89,97)(H,101,102)(H,103,104)/t66-,71-,72-,73-,78-/m0/s1. The second-order valence-electron chi connectivity index (χ2n) is 29.1. The highest BCUT2D eigenvalue weighted by molar-refractivity contribution is 5.93. The third kappa shape index (κ3) is 51.4. The molecule has 3 rings (SSSR count). The van der Waals surface area contributed by atoms with Crippen LogP contribution in [-0.4, -0.2) is 294 Å². The number of nitrogens with one attached hydrogen (secondary N) is 5. The van der Waals surface area contributed by atoms with Gasteiger partial charge in [0.1, 0.15) is 30.0 Å². The molecule has 2 heterocycles. The quantitative estimate of drug-likeness (QED) is 0.0331. The van der Waals surface area contributed by atoms with Crippen molar-refractivity contribution in [1.29, 1.82) is 0 Å². The van der Waals surface area contributed by atoms with Crippen molar-refractivity contribution in [3.8, 4) is 0 Å². The molecule has 1 fully saturated rings. The van der Waals surface area contributed by atoms with Gasteiger partial charge in [0.2, 0.25) is 35.4 Å². The highest BCUT2D eigenvalue weighted by Crippen LogP contribution is 2.23. The van der Waals surface area contributed by atoms with Gasteiger partial charge in [0.05, 0.1) is 176 Å². The first kappa shape index (κ1) is 103. The third-order valence-corrected chi connectivity index (χ3v) is 19.5. The fourth-order valence-electron chi connectivity index (χ4n) is 12.6. The molecular formula is C83H143N9O24. The zero-order valence-corrected chi connectivity index (χ0v) is 70.5. The zero-order valence-electron chi connectivity index (χ0n) is 70.5. The Morgan fingerprint density at radius 1 is 0.448 bits per heavy atom. The van der Waals surface area contributed by atoms with Gasteiger partial charge in [-0.15, -0.1) is 0 Å². The Morgan fingerprint density at radius 3 is 1.27 bits per heavy atom. The lowest BCUT2D eigenvalue weighted by Crippen LogP contribution is -2.58. The molecule has 33 nitrogen and oxygen atoms in total. The second kappa shape index (κ2) is 69.0. The summed E-state index contributed by atoms with van der Waals surface area (Å²) in [6, 6.07) is 0.124. The number of amides is 6. The number of ketones is 1. The maximum atomic E-state index is 14.6. The Hall–Kier alpha value is -6.89. The lowest BCUT2D eigenvalue weighted by molar-refractivity contribution is -0.143. The predicted octanol–water partition coefficient (Wildman–Crippen LogP) is 6.90. The topological polar surface area (TPSA) is 406 Å². The molecule has 116 heavy (non-hydrogen) atoms. The number of aromatic nitrogens is 2. The molecule has 0 radical (unpaired) electrons. The molecule has 6 amide bonds. The number of anilines is 1. The summed E-state index contributed by atoms with van der Waals surface area (Å²) in [5.74, 6) is -6.64. The second-order valence-corrected chi connectivity index (χ2v) is 29.1. The summed E-state index contributed by atoms with van der Waals surface area (Å²) in [6.07, 6.45) is 21.8. The number of carbonyl (C=O) groups is 9. The molecule has 1 aliphatic rings. The van der Waals surface area contributed by atoms with E-state index in [0.29, 0.717) is 188 Å². The molecule has 0 saturated carbocycles. The van der Waals surface area contributed by atoms with Gasteiger partial charge >= 0.3 is 11.9 Å². The maximum absolute atomic E-state index is 14.6. The fourth-order valence-corrected chi connectivity index (χ4v) is 12.6.